The Labute approximate surface area is 74.3 Å². The van der Waals surface area contributed by atoms with Crippen LogP contribution >= 0.6 is 0 Å². The SMILES string of the molecule is C#CC1=C[C@H](C(=O)O)N(C(=O)O)C1. The number of carboxylic acids is 1. The molecule has 1 heterocycles. The highest BCUT2D eigenvalue weighted by atomic mass is 16.4. The molecule has 1 rings (SSSR count). The molecule has 0 aromatic carbocycles. The van der Waals surface area contributed by atoms with Gasteiger partial charge >= 0.3 is 12.1 Å². The maximum absolute atomic E-state index is 10.6. The lowest BCUT2D eigenvalue weighted by Gasteiger charge is -2.16. The first-order chi connectivity index (χ1) is 6.06. The molecule has 1 aliphatic rings. The van der Waals surface area contributed by atoms with Gasteiger partial charge in [-0.2, -0.15) is 0 Å². The summed E-state index contributed by atoms with van der Waals surface area (Å²) in [5.74, 6) is 1.01. The van der Waals surface area contributed by atoms with Crippen LogP contribution in [0.5, 0.6) is 0 Å². The van der Waals surface area contributed by atoms with E-state index < -0.39 is 18.1 Å². The van der Waals surface area contributed by atoms with E-state index in [1.54, 1.807) is 0 Å². The molecular weight excluding hydrogens is 174 g/mol. The van der Waals surface area contributed by atoms with Gasteiger partial charge in [0.25, 0.3) is 0 Å². The fraction of sp³-hybridized carbons (Fsp3) is 0.250. The number of hydrogen-bond donors (Lipinski definition) is 2. The highest BCUT2D eigenvalue weighted by molar-refractivity contribution is 5.83. The second kappa shape index (κ2) is 3.19. The molecule has 5 heteroatoms. The van der Waals surface area contributed by atoms with Crippen molar-refractivity contribution in [3.8, 4) is 12.3 Å². The summed E-state index contributed by atoms with van der Waals surface area (Å²) in [6.07, 6.45) is 5.00. The minimum atomic E-state index is -1.28. The van der Waals surface area contributed by atoms with Gasteiger partial charge < -0.3 is 10.2 Å². The van der Waals surface area contributed by atoms with Crippen molar-refractivity contribution in [2.75, 3.05) is 6.54 Å². The Kier molecular flexibility index (Phi) is 2.24. The molecule has 1 aliphatic heterocycles. The van der Waals surface area contributed by atoms with Crippen LogP contribution in [0.15, 0.2) is 11.6 Å². The van der Waals surface area contributed by atoms with E-state index in [1.807, 2.05) is 0 Å². The van der Waals surface area contributed by atoms with Crippen molar-refractivity contribution in [3.05, 3.63) is 11.6 Å². The normalized spacial score (nSPS) is 20.7. The van der Waals surface area contributed by atoms with Gasteiger partial charge in [-0.15, -0.1) is 6.42 Å². The molecule has 0 spiro atoms. The standard InChI is InChI=1S/C8H7NO4/c1-2-5-3-6(7(10)11)9(4-5)8(12)13/h1,3,6H,4H2,(H,10,11)(H,12,13)/t6-/m1/s1. The smallest absolute Gasteiger partial charge is 0.408 e. The third-order valence-corrected chi connectivity index (χ3v) is 1.72. The lowest BCUT2D eigenvalue weighted by Crippen LogP contribution is -2.40. The van der Waals surface area contributed by atoms with Crippen LogP contribution in [-0.2, 0) is 4.79 Å². The molecule has 0 saturated carbocycles. The highest BCUT2D eigenvalue weighted by Crippen LogP contribution is 2.15. The van der Waals surface area contributed by atoms with E-state index in [9.17, 15) is 9.59 Å². The number of nitrogens with zero attached hydrogens (tertiary/aromatic N) is 1. The van der Waals surface area contributed by atoms with E-state index in [0.717, 1.165) is 4.90 Å². The molecule has 1 atom stereocenters. The number of aliphatic carboxylic acids is 1. The molecule has 5 nitrogen and oxygen atoms in total. The summed E-state index contributed by atoms with van der Waals surface area (Å²) in [7, 11) is 0. The van der Waals surface area contributed by atoms with Gasteiger partial charge in [0.1, 0.15) is 0 Å². The summed E-state index contributed by atoms with van der Waals surface area (Å²) in [6.45, 7) is -0.0250. The van der Waals surface area contributed by atoms with Crippen molar-refractivity contribution in [1.29, 1.82) is 0 Å². The Morgan fingerprint density at radius 2 is 2.23 bits per heavy atom. The van der Waals surface area contributed by atoms with E-state index in [4.69, 9.17) is 16.6 Å². The maximum atomic E-state index is 10.6. The first kappa shape index (κ1) is 9.13. The summed E-state index contributed by atoms with van der Waals surface area (Å²) < 4.78 is 0. The highest BCUT2D eigenvalue weighted by Gasteiger charge is 2.33. The van der Waals surface area contributed by atoms with Crippen molar-refractivity contribution < 1.29 is 19.8 Å². The Bertz CT molecular complexity index is 326. The molecule has 0 bridgehead atoms. The van der Waals surface area contributed by atoms with Gasteiger partial charge in [0.05, 0.1) is 6.54 Å². The summed E-state index contributed by atoms with van der Waals surface area (Å²) in [6, 6.07) is -1.15. The predicted octanol–water partition coefficient (Wildman–Crippen LogP) is -0.00720. The molecule has 0 fully saturated rings. The lowest BCUT2D eigenvalue weighted by atomic mass is 10.2. The molecule has 0 aromatic heterocycles. The molecule has 2 N–H and O–H groups in total. The third kappa shape index (κ3) is 1.62. The molecule has 68 valence electrons. The number of carbonyl (C=O) groups is 2. The fourth-order valence-electron chi connectivity index (χ4n) is 1.10. The van der Waals surface area contributed by atoms with Gasteiger partial charge in [0.2, 0.25) is 0 Å². The zero-order valence-corrected chi connectivity index (χ0v) is 6.60. The zero-order valence-electron chi connectivity index (χ0n) is 6.60. The Balaban J connectivity index is 2.90. The number of terminal acetylenes is 1. The van der Waals surface area contributed by atoms with E-state index in [1.165, 1.54) is 6.08 Å². The zero-order chi connectivity index (χ0) is 10.0. The van der Waals surface area contributed by atoms with E-state index in [2.05, 4.69) is 5.92 Å². The predicted molar refractivity (Wildman–Crippen MR) is 43.1 cm³/mol. The van der Waals surface area contributed by atoms with Crippen LogP contribution in [0.1, 0.15) is 0 Å². The van der Waals surface area contributed by atoms with Crippen LogP contribution in [0.4, 0.5) is 4.79 Å². The molecule has 0 unspecified atom stereocenters. The first-order valence-corrected chi connectivity index (χ1v) is 3.46. The Morgan fingerprint density at radius 1 is 1.62 bits per heavy atom. The summed E-state index contributed by atoms with van der Waals surface area (Å²) in [4.78, 5) is 21.9. The molecular formula is C8H7NO4. The Morgan fingerprint density at radius 3 is 2.54 bits per heavy atom. The average molecular weight is 181 g/mol. The molecule has 0 aliphatic carbocycles. The van der Waals surface area contributed by atoms with Crippen molar-refractivity contribution >= 4 is 12.1 Å². The largest absolute Gasteiger partial charge is 0.479 e. The number of amides is 1. The van der Waals surface area contributed by atoms with Gasteiger partial charge in [-0.05, 0) is 6.08 Å². The minimum Gasteiger partial charge on any atom is -0.479 e. The number of hydrogen-bond acceptors (Lipinski definition) is 2. The summed E-state index contributed by atoms with van der Waals surface area (Å²) in [5, 5.41) is 17.2. The molecule has 0 radical (unpaired) electrons. The monoisotopic (exact) mass is 181 g/mol. The van der Waals surface area contributed by atoms with Gasteiger partial charge in [-0.3, -0.25) is 4.90 Å². The van der Waals surface area contributed by atoms with E-state index in [-0.39, 0.29) is 6.54 Å². The number of carboxylic acid groups (broad SMARTS) is 2. The van der Waals surface area contributed by atoms with Gasteiger partial charge in [0, 0.05) is 5.57 Å². The van der Waals surface area contributed by atoms with Crippen LogP contribution in [0.3, 0.4) is 0 Å². The number of rotatable bonds is 1. The molecule has 0 aromatic rings. The van der Waals surface area contributed by atoms with Gasteiger partial charge in [-0.1, -0.05) is 5.92 Å². The van der Waals surface area contributed by atoms with Crippen molar-refractivity contribution in [2.45, 2.75) is 6.04 Å². The molecule has 1 amide bonds. The lowest BCUT2D eigenvalue weighted by molar-refractivity contribution is -0.140. The topological polar surface area (TPSA) is 77.8 Å². The van der Waals surface area contributed by atoms with Crippen LogP contribution in [0.2, 0.25) is 0 Å². The van der Waals surface area contributed by atoms with Crippen LogP contribution in [-0.4, -0.2) is 39.8 Å². The van der Waals surface area contributed by atoms with Crippen LogP contribution < -0.4 is 0 Å². The summed E-state index contributed by atoms with van der Waals surface area (Å²) >= 11 is 0. The van der Waals surface area contributed by atoms with Crippen molar-refractivity contribution in [3.63, 3.8) is 0 Å². The maximum Gasteiger partial charge on any atom is 0.408 e. The average Bonchev–Trinajstić information content (AvgIpc) is 2.47. The van der Waals surface area contributed by atoms with E-state index in [0.29, 0.717) is 5.57 Å². The van der Waals surface area contributed by atoms with Gasteiger partial charge in [-0.25, -0.2) is 9.59 Å². The second-order valence-electron chi connectivity index (χ2n) is 2.53. The fourth-order valence-corrected chi connectivity index (χ4v) is 1.10. The van der Waals surface area contributed by atoms with E-state index >= 15 is 0 Å². The molecule has 0 saturated heterocycles. The second-order valence-corrected chi connectivity index (χ2v) is 2.53. The van der Waals surface area contributed by atoms with Crippen LogP contribution in [0.25, 0.3) is 0 Å². The summed E-state index contributed by atoms with van der Waals surface area (Å²) in [5.41, 5.74) is 0.384. The van der Waals surface area contributed by atoms with Crippen molar-refractivity contribution in [1.82, 2.24) is 4.90 Å². The van der Waals surface area contributed by atoms with Crippen LogP contribution in [0, 0.1) is 12.3 Å². The third-order valence-electron chi connectivity index (χ3n) is 1.72. The minimum absolute atomic E-state index is 0.0250. The van der Waals surface area contributed by atoms with Crippen molar-refractivity contribution in [2.24, 2.45) is 0 Å². The first-order valence-electron chi connectivity index (χ1n) is 3.46. The Hall–Kier alpha value is -1.96. The van der Waals surface area contributed by atoms with Gasteiger partial charge in [0.15, 0.2) is 6.04 Å². The molecule has 13 heavy (non-hydrogen) atoms. The quantitative estimate of drug-likeness (QED) is 0.558.